The molecule has 1 aromatic rings. The summed E-state index contributed by atoms with van der Waals surface area (Å²) in [6.45, 7) is 1.85. The van der Waals surface area contributed by atoms with Crippen LogP contribution < -0.4 is 9.64 Å². The van der Waals surface area contributed by atoms with E-state index >= 15 is 0 Å². The molecule has 0 N–H and O–H groups in total. The molecule has 0 bridgehead atoms. The molecule has 1 unspecified atom stereocenters. The van der Waals surface area contributed by atoms with E-state index in [0.717, 1.165) is 18.0 Å². The summed E-state index contributed by atoms with van der Waals surface area (Å²) < 4.78 is 10.7. The van der Waals surface area contributed by atoms with E-state index in [2.05, 4.69) is 0 Å². The van der Waals surface area contributed by atoms with Gasteiger partial charge >= 0.3 is 0 Å². The second-order valence-electron chi connectivity index (χ2n) is 4.03. The Morgan fingerprint density at radius 1 is 1.38 bits per heavy atom. The molecule has 3 rings (SSSR count). The Morgan fingerprint density at radius 2 is 2.19 bits per heavy atom. The van der Waals surface area contributed by atoms with Crippen LogP contribution >= 0.6 is 0 Å². The molecule has 4 nitrogen and oxygen atoms in total. The van der Waals surface area contributed by atoms with E-state index in [0.29, 0.717) is 19.6 Å². The van der Waals surface area contributed by atoms with Crippen LogP contribution in [0, 0.1) is 0 Å². The third-order valence-corrected chi connectivity index (χ3v) is 2.82. The fourth-order valence-corrected chi connectivity index (χ4v) is 1.90. The first-order valence-electron chi connectivity index (χ1n) is 5.48. The first kappa shape index (κ1) is 9.66. The van der Waals surface area contributed by atoms with Crippen molar-refractivity contribution >= 4 is 11.6 Å². The van der Waals surface area contributed by atoms with E-state index in [1.165, 1.54) is 0 Å². The van der Waals surface area contributed by atoms with E-state index in [1.54, 1.807) is 4.90 Å². The Hall–Kier alpha value is -1.55. The zero-order valence-electron chi connectivity index (χ0n) is 8.89. The summed E-state index contributed by atoms with van der Waals surface area (Å²) in [5.41, 5.74) is 0.862. The van der Waals surface area contributed by atoms with Gasteiger partial charge in [-0.15, -0.1) is 0 Å². The number of carbonyl (C=O) groups excluding carboxylic acids is 1. The summed E-state index contributed by atoms with van der Waals surface area (Å²) in [4.78, 5) is 13.7. The van der Waals surface area contributed by atoms with Gasteiger partial charge in [0.2, 0.25) is 5.91 Å². The minimum Gasteiger partial charge on any atom is -0.491 e. The Morgan fingerprint density at radius 3 is 3.00 bits per heavy atom. The van der Waals surface area contributed by atoms with E-state index < -0.39 is 0 Å². The number of amides is 1. The molecule has 2 aliphatic rings. The standard InChI is InChI=1S/C12H13NO3/c14-12-5-6-15-11-4-2-1-3-10(11)13(12)7-9-8-16-9/h1-4,9H,5-8H2. The van der Waals surface area contributed by atoms with Gasteiger partial charge in [-0.25, -0.2) is 0 Å². The number of anilines is 1. The van der Waals surface area contributed by atoms with Gasteiger partial charge in [-0.2, -0.15) is 0 Å². The van der Waals surface area contributed by atoms with Crippen LogP contribution in [0.3, 0.4) is 0 Å². The zero-order chi connectivity index (χ0) is 11.0. The normalized spacial score (nSPS) is 23.4. The monoisotopic (exact) mass is 219 g/mol. The predicted octanol–water partition coefficient (Wildman–Crippen LogP) is 1.20. The molecule has 0 aliphatic carbocycles. The van der Waals surface area contributed by atoms with Gasteiger partial charge in [0, 0.05) is 0 Å². The molecule has 2 heterocycles. The second kappa shape index (κ2) is 3.79. The van der Waals surface area contributed by atoms with Gasteiger partial charge in [-0.05, 0) is 12.1 Å². The third-order valence-electron chi connectivity index (χ3n) is 2.82. The Bertz CT molecular complexity index is 414. The maximum atomic E-state index is 11.9. The Kier molecular flexibility index (Phi) is 2.29. The van der Waals surface area contributed by atoms with Gasteiger partial charge in [0.05, 0.1) is 38.0 Å². The molecule has 1 saturated heterocycles. The van der Waals surface area contributed by atoms with Crippen LogP contribution in [0.25, 0.3) is 0 Å². The molecule has 0 saturated carbocycles. The van der Waals surface area contributed by atoms with E-state index in [9.17, 15) is 4.79 Å². The number of fused-ring (bicyclic) bond motifs is 1. The minimum atomic E-state index is 0.112. The number of epoxide rings is 1. The van der Waals surface area contributed by atoms with Gasteiger partial charge in [0.1, 0.15) is 5.75 Å². The molecule has 16 heavy (non-hydrogen) atoms. The van der Waals surface area contributed by atoms with Crippen molar-refractivity contribution in [2.45, 2.75) is 12.5 Å². The second-order valence-corrected chi connectivity index (χ2v) is 4.03. The first-order chi connectivity index (χ1) is 7.84. The molecule has 4 heteroatoms. The quantitative estimate of drug-likeness (QED) is 0.702. The van der Waals surface area contributed by atoms with Gasteiger partial charge < -0.3 is 14.4 Å². The molecule has 1 amide bonds. The van der Waals surface area contributed by atoms with Crippen LogP contribution in [0.15, 0.2) is 24.3 Å². The minimum absolute atomic E-state index is 0.112. The highest BCUT2D eigenvalue weighted by atomic mass is 16.6. The molecule has 0 aromatic heterocycles. The number of benzene rings is 1. The maximum Gasteiger partial charge on any atom is 0.230 e. The van der Waals surface area contributed by atoms with Gasteiger partial charge in [0.15, 0.2) is 0 Å². The fourth-order valence-electron chi connectivity index (χ4n) is 1.90. The van der Waals surface area contributed by atoms with E-state index in [1.807, 2.05) is 24.3 Å². The van der Waals surface area contributed by atoms with Gasteiger partial charge in [0.25, 0.3) is 0 Å². The average Bonchev–Trinajstić information content (AvgIpc) is 3.10. The molecular formula is C12H13NO3. The smallest absolute Gasteiger partial charge is 0.230 e. The molecule has 1 atom stereocenters. The van der Waals surface area contributed by atoms with Crippen molar-refractivity contribution in [3.63, 3.8) is 0 Å². The summed E-state index contributed by atoms with van der Waals surface area (Å²) in [7, 11) is 0. The predicted molar refractivity (Wildman–Crippen MR) is 58.6 cm³/mol. The lowest BCUT2D eigenvalue weighted by molar-refractivity contribution is -0.118. The average molecular weight is 219 g/mol. The zero-order valence-corrected chi connectivity index (χ0v) is 8.89. The van der Waals surface area contributed by atoms with Crippen molar-refractivity contribution in [2.24, 2.45) is 0 Å². The number of ether oxygens (including phenoxy) is 2. The topological polar surface area (TPSA) is 42.1 Å². The number of hydrogen-bond donors (Lipinski definition) is 0. The Labute approximate surface area is 93.8 Å². The molecule has 1 aromatic carbocycles. The first-order valence-corrected chi connectivity index (χ1v) is 5.48. The third kappa shape index (κ3) is 1.76. The number of para-hydroxylation sites is 2. The van der Waals surface area contributed by atoms with Crippen LogP contribution in [-0.4, -0.2) is 31.8 Å². The van der Waals surface area contributed by atoms with Crippen molar-refractivity contribution in [2.75, 3.05) is 24.7 Å². The molecule has 84 valence electrons. The molecular weight excluding hydrogens is 206 g/mol. The van der Waals surface area contributed by atoms with E-state index in [-0.39, 0.29) is 12.0 Å². The van der Waals surface area contributed by atoms with Crippen molar-refractivity contribution in [3.05, 3.63) is 24.3 Å². The summed E-state index contributed by atoms with van der Waals surface area (Å²) in [5, 5.41) is 0. The molecule has 1 fully saturated rings. The van der Waals surface area contributed by atoms with Gasteiger partial charge in [-0.1, -0.05) is 12.1 Å². The van der Waals surface area contributed by atoms with Crippen LogP contribution in [0.2, 0.25) is 0 Å². The van der Waals surface area contributed by atoms with Gasteiger partial charge in [-0.3, -0.25) is 4.79 Å². The maximum absolute atomic E-state index is 11.9. The summed E-state index contributed by atoms with van der Waals surface area (Å²) in [5.74, 6) is 0.898. The lowest BCUT2D eigenvalue weighted by Crippen LogP contribution is -2.33. The van der Waals surface area contributed by atoms with Crippen LogP contribution in [0.4, 0.5) is 5.69 Å². The highest BCUT2D eigenvalue weighted by Gasteiger charge is 2.31. The number of carbonyl (C=O) groups is 1. The molecule has 0 radical (unpaired) electrons. The lowest BCUT2D eigenvalue weighted by atomic mass is 10.2. The van der Waals surface area contributed by atoms with Crippen molar-refractivity contribution in [3.8, 4) is 5.75 Å². The van der Waals surface area contributed by atoms with Crippen molar-refractivity contribution < 1.29 is 14.3 Å². The fraction of sp³-hybridized carbons (Fsp3) is 0.417. The highest BCUT2D eigenvalue weighted by molar-refractivity contribution is 5.95. The van der Waals surface area contributed by atoms with E-state index in [4.69, 9.17) is 9.47 Å². The SMILES string of the molecule is O=C1CCOc2ccccc2N1CC1CO1. The van der Waals surface area contributed by atoms with Crippen LogP contribution in [0.5, 0.6) is 5.75 Å². The summed E-state index contributed by atoms with van der Waals surface area (Å²) >= 11 is 0. The summed E-state index contributed by atoms with van der Waals surface area (Å²) in [6.07, 6.45) is 0.636. The largest absolute Gasteiger partial charge is 0.491 e. The molecule has 2 aliphatic heterocycles. The number of rotatable bonds is 2. The number of hydrogen-bond acceptors (Lipinski definition) is 3. The van der Waals surface area contributed by atoms with Crippen molar-refractivity contribution in [1.82, 2.24) is 0 Å². The van der Waals surface area contributed by atoms with Crippen molar-refractivity contribution in [1.29, 1.82) is 0 Å². The summed E-state index contributed by atoms with van der Waals surface area (Å²) in [6, 6.07) is 7.65. The molecule has 0 spiro atoms. The van der Waals surface area contributed by atoms with Crippen LogP contribution in [-0.2, 0) is 9.53 Å². The van der Waals surface area contributed by atoms with Crippen LogP contribution in [0.1, 0.15) is 6.42 Å². The lowest BCUT2D eigenvalue weighted by Gasteiger charge is -2.20. The number of nitrogens with zero attached hydrogens (tertiary/aromatic N) is 1. The highest BCUT2D eigenvalue weighted by Crippen LogP contribution is 2.32. The Balaban J connectivity index is 1.94.